The van der Waals surface area contributed by atoms with Crippen LogP contribution in [-0.4, -0.2) is 35.9 Å². The van der Waals surface area contributed by atoms with Gasteiger partial charge in [0.2, 0.25) is 11.8 Å². The lowest BCUT2D eigenvalue weighted by atomic mass is 9.95. The van der Waals surface area contributed by atoms with Gasteiger partial charge in [0.15, 0.2) is 0 Å². The van der Waals surface area contributed by atoms with Crippen LogP contribution in [0, 0.1) is 0 Å². The van der Waals surface area contributed by atoms with Gasteiger partial charge in [-0.05, 0) is 48.6 Å². The number of nitrogens with one attached hydrogen (secondary N) is 1. The van der Waals surface area contributed by atoms with E-state index >= 15 is 0 Å². The van der Waals surface area contributed by atoms with Gasteiger partial charge in [-0.2, -0.15) is 0 Å². The number of carbonyl (C=O) groups is 2. The number of ether oxygens (including phenoxy) is 1. The van der Waals surface area contributed by atoms with Crippen molar-refractivity contribution in [2.45, 2.75) is 70.5 Å². The van der Waals surface area contributed by atoms with Crippen LogP contribution in [0.5, 0.6) is 5.75 Å². The quantitative estimate of drug-likeness (QED) is 0.567. The summed E-state index contributed by atoms with van der Waals surface area (Å²) >= 11 is 6.40. The highest BCUT2D eigenvalue weighted by Gasteiger charge is 2.30. The molecule has 5 nitrogen and oxygen atoms in total. The van der Waals surface area contributed by atoms with Crippen LogP contribution in [0.3, 0.4) is 0 Å². The first-order valence-corrected chi connectivity index (χ1v) is 11.9. The Morgan fingerprint density at radius 1 is 1.09 bits per heavy atom. The number of methoxy groups -OCH3 is 1. The molecule has 1 aliphatic rings. The van der Waals surface area contributed by atoms with E-state index < -0.39 is 6.04 Å². The summed E-state index contributed by atoms with van der Waals surface area (Å²) in [5, 5.41) is 3.80. The third-order valence-electron chi connectivity index (χ3n) is 6.15. The monoisotopic (exact) mass is 456 g/mol. The maximum Gasteiger partial charge on any atom is 0.243 e. The van der Waals surface area contributed by atoms with Crippen molar-refractivity contribution in [2.75, 3.05) is 7.11 Å². The first-order chi connectivity index (χ1) is 15.5. The second-order valence-electron chi connectivity index (χ2n) is 8.41. The van der Waals surface area contributed by atoms with Gasteiger partial charge in [-0.15, -0.1) is 0 Å². The molecule has 0 spiro atoms. The number of rotatable bonds is 9. The Labute approximate surface area is 196 Å². The van der Waals surface area contributed by atoms with E-state index in [1.165, 1.54) is 6.42 Å². The molecule has 1 fully saturated rings. The fourth-order valence-corrected chi connectivity index (χ4v) is 4.49. The van der Waals surface area contributed by atoms with E-state index in [4.69, 9.17) is 16.3 Å². The van der Waals surface area contributed by atoms with Gasteiger partial charge in [-0.25, -0.2) is 0 Å². The maximum atomic E-state index is 13.5. The highest BCUT2D eigenvalue weighted by Crippen LogP contribution is 2.22. The molecule has 1 unspecified atom stereocenters. The van der Waals surface area contributed by atoms with Crippen molar-refractivity contribution >= 4 is 23.4 Å². The lowest BCUT2D eigenvalue weighted by molar-refractivity contribution is -0.141. The van der Waals surface area contributed by atoms with Crippen molar-refractivity contribution in [3.8, 4) is 5.75 Å². The molecule has 0 radical (unpaired) electrons. The van der Waals surface area contributed by atoms with Gasteiger partial charge < -0.3 is 15.0 Å². The van der Waals surface area contributed by atoms with Crippen molar-refractivity contribution in [1.29, 1.82) is 0 Å². The Balaban J connectivity index is 1.80. The molecule has 2 aromatic rings. The fourth-order valence-electron chi connectivity index (χ4n) is 4.29. The van der Waals surface area contributed by atoms with Gasteiger partial charge >= 0.3 is 0 Å². The van der Waals surface area contributed by atoms with Crippen LogP contribution in [0.25, 0.3) is 0 Å². The van der Waals surface area contributed by atoms with E-state index in [0.29, 0.717) is 18.0 Å². The summed E-state index contributed by atoms with van der Waals surface area (Å²) in [6, 6.07) is 14.6. The van der Waals surface area contributed by atoms with E-state index in [9.17, 15) is 9.59 Å². The van der Waals surface area contributed by atoms with Crippen LogP contribution >= 0.6 is 11.6 Å². The largest absolute Gasteiger partial charge is 0.497 e. The van der Waals surface area contributed by atoms with Gasteiger partial charge in [0.25, 0.3) is 0 Å². The zero-order valence-corrected chi connectivity index (χ0v) is 19.7. The molecule has 0 aliphatic heterocycles. The van der Waals surface area contributed by atoms with Crippen molar-refractivity contribution in [1.82, 2.24) is 10.2 Å². The van der Waals surface area contributed by atoms with Crippen molar-refractivity contribution < 1.29 is 14.3 Å². The smallest absolute Gasteiger partial charge is 0.243 e. The molecule has 2 amide bonds. The molecule has 0 saturated heterocycles. The SMILES string of the molecule is CCC(C(=O)NC1CCCCC1)N(Cc1ccccc1Cl)C(=O)Cc1ccc(OC)cc1. The van der Waals surface area contributed by atoms with Crippen LogP contribution < -0.4 is 10.1 Å². The molecule has 0 bridgehead atoms. The summed E-state index contributed by atoms with van der Waals surface area (Å²) in [6.45, 7) is 2.25. The number of nitrogens with zero attached hydrogens (tertiary/aromatic N) is 1. The average Bonchev–Trinajstić information content (AvgIpc) is 2.81. The summed E-state index contributed by atoms with van der Waals surface area (Å²) in [4.78, 5) is 28.4. The highest BCUT2D eigenvalue weighted by atomic mass is 35.5. The average molecular weight is 457 g/mol. The van der Waals surface area contributed by atoms with E-state index in [1.54, 1.807) is 12.0 Å². The minimum Gasteiger partial charge on any atom is -0.497 e. The molecule has 1 saturated carbocycles. The molecule has 1 aliphatic carbocycles. The first kappa shape index (κ1) is 24.1. The highest BCUT2D eigenvalue weighted by molar-refractivity contribution is 6.31. The summed E-state index contributed by atoms with van der Waals surface area (Å²) in [5.74, 6) is 0.572. The number of carbonyl (C=O) groups excluding carboxylic acids is 2. The van der Waals surface area contributed by atoms with Crippen LogP contribution in [0.4, 0.5) is 0 Å². The van der Waals surface area contributed by atoms with Gasteiger partial charge in [0.05, 0.1) is 13.5 Å². The Kier molecular flexibility index (Phi) is 8.98. The van der Waals surface area contributed by atoms with Crippen LogP contribution in [0.2, 0.25) is 5.02 Å². The zero-order chi connectivity index (χ0) is 22.9. The standard InChI is InChI=1S/C26H33ClN2O3/c1-3-24(26(31)28-21-10-5-4-6-11-21)29(18-20-9-7-8-12-23(20)27)25(30)17-19-13-15-22(32-2)16-14-19/h7-9,12-16,21,24H,3-6,10-11,17-18H2,1-2H3,(H,28,31). The molecule has 3 rings (SSSR count). The zero-order valence-electron chi connectivity index (χ0n) is 19.0. The minimum atomic E-state index is -0.543. The van der Waals surface area contributed by atoms with Crippen molar-refractivity contribution in [3.63, 3.8) is 0 Å². The summed E-state index contributed by atoms with van der Waals surface area (Å²) in [7, 11) is 1.61. The number of halogens is 1. The summed E-state index contributed by atoms with van der Waals surface area (Å²) < 4.78 is 5.21. The second kappa shape index (κ2) is 11.9. The summed E-state index contributed by atoms with van der Waals surface area (Å²) in [5.41, 5.74) is 1.71. The van der Waals surface area contributed by atoms with Gasteiger partial charge in [-0.3, -0.25) is 9.59 Å². The lowest BCUT2D eigenvalue weighted by Gasteiger charge is -2.33. The van der Waals surface area contributed by atoms with E-state index in [1.807, 2.05) is 55.5 Å². The van der Waals surface area contributed by atoms with Crippen LogP contribution in [-0.2, 0) is 22.6 Å². The van der Waals surface area contributed by atoms with Gasteiger partial charge in [-0.1, -0.05) is 68.1 Å². The van der Waals surface area contributed by atoms with Gasteiger partial charge in [0, 0.05) is 17.6 Å². The third kappa shape index (κ3) is 6.49. The molecular formula is C26H33ClN2O3. The van der Waals surface area contributed by atoms with E-state index in [0.717, 1.165) is 42.6 Å². The molecular weight excluding hydrogens is 424 g/mol. The van der Waals surface area contributed by atoms with Crippen molar-refractivity contribution in [2.24, 2.45) is 0 Å². The molecule has 2 aromatic carbocycles. The van der Waals surface area contributed by atoms with Gasteiger partial charge in [0.1, 0.15) is 11.8 Å². The number of hydrogen-bond donors (Lipinski definition) is 1. The maximum absolute atomic E-state index is 13.5. The Hall–Kier alpha value is -2.53. The predicted octanol–water partition coefficient (Wildman–Crippen LogP) is 5.15. The van der Waals surface area contributed by atoms with E-state index in [-0.39, 0.29) is 24.3 Å². The molecule has 1 atom stereocenters. The van der Waals surface area contributed by atoms with E-state index in [2.05, 4.69) is 5.32 Å². The fraction of sp³-hybridized carbons (Fsp3) is 0.462. The lowest BCUT2D eigenvalue weighted by Crippen LogP contribution is -2.52. The second-order valence-corrected chi connectivity index (χ2v) is 8.81. The normalized spacial score (nSPS) is 15.1. The Morgan fingerprint density at radius 3 is 2.41 bits per heavy atom. The third-order valence-corrected chi connectivity index (χ3v) is 6.52. The number of benzene rings is 2. The van der Waals surface area contributed by atoms with Crippen LogP contribution in [0.15, 0.2) is 48.5 Å². The number of amides is 2. The molecule has 1 N–H and O–H groups in total. The topological polar surface area (TPSA) is 58.6 Å². The first-order valence-electron chi connectivity index (χ1n) is 11.5. The minimum absolute atomic E-state index is 0.0745. The molecule has 32 heavy (non-hydrogen) atoms. The molecule has 172 valence electrons. The Bertz CT molecular complexity index is 894. The van der Waals surface area contributed by atoms with Crippen LogP contribution in [0.1, 0.15) is 56.6 Å². The molecule has 0 aromatic heterocycles. The molecule has 0 heterocycles. The predicted molar refractivity (Wildman–Crippen MR) is 128 cm³/mol. The Morgan fingerprint density at radius 2 is 1.78 bits per heavy atom. The molecule has 6 heteroatoms. The summed E-state index contributed by atoms with van der Waals surface area (Å²) in [6.07, 6.45) is 6.27. The van der Waals surface area contributed by atoms with Crippen molar-refractivity contribution in [3.05, 3.63) is 64.7 Å². The number of hydrogen-bond acceptors (Lipinski definition) is 3.